The lowest BCUT2D eigenvalue weighted by Gasteiger charge is -2.27. The summed E-state index contributed by atoms with van der Waals surface area (Å²) < 4.78 is 13.1. The van der Waals surface area contributed by atoms with Gasteiger partial charge in [0.05, 0.1) is 5.69 Å². The summed E-state index contributed by atoms with van der Waals surface area (Å²) in [5.41, 5.74) is 9.84. The zero-order chi connectivity index (χ0) is 37.5. The highest BCUT2D eigenvalue weighted by Crippen LogP contribution is 2.45. The van der Waals surface area contributed by atoms with Crippen LogP contribution in [0.15, 0.2) is 203 Å². The molecule has 0 bridgehead atoms. The maximum absolute atomic E-state index is 6.65. The molecule has 0 aliphatic carbocycles. The molecule has 12 rings (SSSR count). The summed E-state index contributed by atoms with van der Waals surface area (Å²) in [4.78, 5) is 7.30. The number of fused-ring (bicyclic) bond motifs is 11. The average molecular weight is 729 g/mol. The molecule has 0 saturated carbocycles. The minimum absolute atomic E-state index is 0.620. The van der Waals surface area contributed by atoms with Crippen LogP contribution in [0.1, 0.15) is 0 Å². The lowest BCUT2D eigenvalue weighted by Crippen LogP contribution is -2.10. The van der Waals surface area contributed by atoms with Crippen molar-refractivity contribution in [3.8, 4) is 22.6 Å². The van der Waals surface area contributed by atoms with Gasteiger partial charge in [0, 0.05) is 49.9 Å². The van der Waals surface area contributed by atoms with Gasteiger partial charge in [-0.2, -0.15) is 0 Å². The molecule has 0 atom stereocenters. The van der Waals surface area contributed by atoms with E-state index < -0.39 is 0 Å². The molecule has 12 aromatic rings. The molecule has 0 saturated heterocycles. The zero-order valence-electron chi connectivity index (χ0n) is 30.7. The fourth-order valence-electron chi connectivity index (χ4n) is 8.81. The summed E-state index contributed by atoms with van der Waals surface area (Å²) >= 11 is 0. The predicted molar refractivity (Wildman–Crippen MR) is 237 cm³/mol. The maximum atomic E-state index is 6.65. The third-order valence-corrected chi connectivity index (χ3v) is 11.5. The van der Waals surface area contributed by atoms with Crippen molar-refractivity contribution in [1.82, 2.24) is 4.98 Å². The number of anilines is 3. The van der Waals surface area contributed by atoms with E-state index in [9.17, 15) is 0 Å². The minimum atomic E-state index is 0.620. The highest BCUT2D eigenvalue weighted by Gasteiger charge is 2.21. The molecule has 0 unspecified atom stereocenters. The van der Waals surface area contributed by atoms with Crippen LogP contribution in [0.2, 0.25) is 0 Å². The maximum Gasteiger partial charge on any atom is 0.227 e. The van der Waals surface area contributed by atoms with Crippen molar-refractivity contribution in [3.05, 3.63) is 194 Å². The first-order valence-electron chi connectivity index (χ1n) is 19.3. The van der Waals surface area contributed by atoms with E-state index in [-0.39, 0.29) is 0 Å². The lowest BCUT2D eigenvalue weighted by atomic mass is 9.94. The molecule has 2 heterocycles. The Morgan fingerprint density at radius 2 is 1.05 bits per heavy atom. The molecule has 0 N–H and O–H groups in total. The topological polar surface area (TPSA) is 42.4 Å². The molecular weight excluding hydrogens is 697 g/mol. The summed E-state index contributed by atoms with van der Waals surface area (Å²) in [6.45, 7) is 0. The number of benzene rings is 10. The lowest BCUT2D eigenvalue weighted by molar-refractivity contribution is 0.623. The van der Waals surface area contributed by atoms with Crippen molar-refractivity contribution >= 4 is 93.2 Å². The second-order valence-corrected chi connectivity index (χ2v) is 14.7. The first-order valence-corrected chi connectivity index (χ1v) is 19.3. The van der Waals surface area contributed by atoms with Crippen LogP contribution in [0.25, 0.3) is 98.7 Å². The summed E-state index contributed by atoms with van der Waals surface area (Å²) in [6.07, 6.45) is 0. The fraction of sp³-hybridized carbons (Fsp3) is 0. The molecule has 0 spiro atoms. The third-order valence-electron chi connectivity index (χ3n) is 11.5. The van der Waals surface area contributed by atoms with Crippen LogP contribution in [-0.2, 0) is 0 Å². The quantitative estimate of drug-likeness (QED) is 0.166. The van der Waals surface area contributed by atoms with Crippen LogP contribution in [0.4, 0.5) is 17.1 Å². The largest absolute Gasteiger partial charge is 0.456 e. The van der Waals surface area contributed by atoms with E-state index in [0.717, 1.165) is 88.0 Å². The third kappa shape index (κ3) is 4.98. The number of hydrogen-bond donors (Lipinski definition) is 0. The second-order valence-electron chi connectivity index (χ2n) is 14.7. The number of hydrogen-bond acceptors (Lipinski definition) is 4. The van der Waals surface area contributed by atoms with Crippen LogP contribution < -0.4 is 4.90 Å². The van der Waals surface area contributed by atoms with Crippen molar-refractivity contribution in [2.45, 2.75) is 0 Å². The van der Waals surface area contributed by atoms with Gasteiger partial charge in [0.25, 0.3) is 0 Å². The van der Waals surface area contributed by atoms with Crippen LogP contribution in [0.5, 0.6) is 0 Å². The Bertz CT molecular complexity index is 3520. The van der Waals surface area contributed by atoms with Gasteiger partial charge in [-0.15, -0.1) is 0 Å². The first-order chi connectivity index (χ1) is 28.2. The van der Waals surface area contributed by atoms with Gasteiger partial charge in [0.1, 0.15) is 16.7 Å². The SMILES string of the molecule is c1ccc(-c2nc3ccc4ccc5ccc6c(N(c7ccc(-c8cccc9ccccc89)cc7)c7ccc8c(c7)oc7ccccc78)cccc6c5c4c3o2)cc1. The molecule has 0 radical (unpaired) electrons. The fourth-order valence-corrected chi connectivity index (χ4v) is 8.81. The molecule has 10 aromatic carbocycles. The van der Waals surface area contributed by atoms with Gasteiger partial charge in [0.2, 0.25) is 5.89 Å². The standard InChI is InChI=1S/C53H32N2O2/c1-2-11-37(12-3-1)53-54-46-31-25-36-21-20-35-24-29-42-45(50(35)51(36)52(46)57-53)17-9-18-47(42)55(39-28-30-44-43-15-6-7-19-48(43)56-49(44)32-39)38-26-22-34(23-27-38)41-16-8-13-33-10-4-5-14-40(33)41/h1-32H. The molecule has 0 aliphatic heterocycles. The Hall–Kier alpha value is -7.69. The number of nitrogens with zero attached hydrogens (tertiary/aromatic N) is 2. The van der Waals surface area contributed by atoms with Crippen molar-refractivity contribution in [1.29, 1.82) is 0 Å². The van der Waals surface area contributed by atoms with E-state index in [4.69, 9.17) is 13.8 Å². The number of aromatic nitrogens is 1. The summed E-state index contributed by atoms with van der Waals surface area (Å²) in [5.74, 6) is 0.620. The van der Waals surface area contributed by atoms with Crippen molar-refractivity contribution in [3.63, 3.8) is 0 Å². The Morgan fingerprint density at radius 1 is 0.386 bits per heavy atom. The minimum Gasteiger partial charge on any atom is -0.456 e. The van der Waals surface area contributed by atoms with E-state index in [1.54, 1.807) is 0 Å². The zero-order valence-corrected chi connectivity index (χ0v) is 30.7. The number of oxazole rings is 1. The van der Waals surface area contributed by atoms with Crippen LogP contribution in [0.3, 0.4) is 0 Å². The van der Waals surface area contributed by atoms with Crippen LogP contribution in [0, 0.1) is 0 Å². The van der Waals surface area contributed by atoms with Gasteiger partial charge in [-0.1, -0.05) is 133 Å². The van der Waals surface area contributed by atoms with Gasteiger partial charge in [-0.3, -0.25) is 0 Å². The molecule has 4 nitrogen and oxygen atoms in total. The van der Waals surface area contributed by atoms with Gasteiger partial charge in [0.15, 0.2) is 5.58 Å². The molecule has 266 valence electrons. The average Bonchev–Trinajstić information content (AvgIpc) is 3.89. The van der Waals surface area contributed by atoms with Crippen LogP contribution >= 0.6 is 0 Å². The van der Waals surface area contributed by atoms with E-state index in [1.807, 2.05) is 42.5 Å². The van der Waals surface area contributed by atoms with Crippen molar-refractivity contribution in [2.75, 3.05) is 4.90 Å². The van der Waals surface area contributed by atoms with E-state index in [0.29, 0.717) is 5.89 Å². The highest BCUT2D eigenvalue weighted by molar-refractivity contribution is 6.27. The summed E-state index contributed by atoms with van der Waals surface area (Å²) in [6, 6.07) is 68.7. The molecule has 2 aromatic heterocycles. The molecular formula is C53H32N2O2. The van der Waals surface area contributed by atoms with Crippen LogP contribution in [-0.4, -0.2) is 4.98 Å². The van der Waals surface area contributed by atoms with Gasteiger partial charge in [-0.05, 0) is 92.7 Å². The van der Waals surface area contributed by atoms with E-state index in [2.05, 4.69) is 157 Å². The van der Waals surface area contributed by atoms with Gasteiger partial charge < -0.3 is 13.7 Å². The Labute approximate surface area is 327 Å². The Balaban J connectivity index is 1.09. The van der Waals surface area contributed by atoms with E-state index >= 15 is 0 Å². The molecule has 0 fully saturated rings. The number of para-hydroxylation sites is 1. The number of furan rings is 1. The smallest absolute Gasteiger partial charge is 0.227 e. The predicted octanol–water partition coefficient (Wildman–Crippen LogP) is 15.1. The van der Waals surface area contributed by atoms with Crippen molar-refractivity contribution < 1.29 is 8.83 Å². The number of rotatable bonds is 5. The highest BCUT2D eigenvalue weighted by atomic mass is 16.3. The van der Waals surface area contributed by atoms with E-state index in [1.165, 1.54) is 21.9 Å². The molecule has 4 heteroatoms. The monoisotopic (exact) mass is 728 g/mol. The normalized spacial score (nSPS) is 11.9. The van der Waals surface area contributed by atoms with Crippen molar-refractivity contribution in [2.24, 2.45) is 0 Å². The van der Waals surface area contributed by atoms with Gasteiger partial charge >= 0.3 is 0 Å². The molecule has 0 aliphatic rings. The summed E-state index contributed by atoms with van der Waals surface area (Å²) in [7, 11) is 0. The molecule has 57 heavy (non-hydrogen) atoms. The van der Waals surface area contributed by atoms with Gasteiger partial charge in [-0.25, -0.2) is 4.98 Å². The molecule has 0 amide bonds. The Morgan fingerprint density at radius 3 is 1.95 bits per heavy atom. The Kier molecular flexibility index (Phi) is 6.89. The second kappa shape index (κ2) is 12.4. The summed E-state index contributed by atoms with van der Waals surface area (Å²) in [5, 5.41) is 11.4. The first kappa shape index (κ1) is 31.6.